The molecule has 2 aliphatic heterocycles. The minimum atomic E-state index is 0.548. The van der Waals surface area contributed by atoms with Crippen molar-refractivity contribution < 1.29 is 9.47 Å². The van der Waals surface area contributed by atoms with Crippen molar-refractivity contribution in [2.45, 2.75) is 11.5 Å². The van der Waals surface area contributed by atoms with Crippen LogP contribution in [0.3, 0.4) is 0 Å². The maximum Gasteiger partial charge on any atom is 0.175 e. The van der Waals surface area contributed by atoms with Crippen molar-refractivity contribution in [3.8, 4) is 22.9 Å². The van der Waals surface area contributed by atoms with E-state index in [0.29, 0.717) is 30.6 Å². The van der Waals surface area contributed by atoms with Crippen LogP contribution in [0.4, 0.5) is 5.82 Å². The van der Waals surface area contributed by atoms with Crippen molar-refractivity contribution in [1.82, 2.24) is 9.97 Å². The quantitative estimate of drug-likeness (QED) is 0.837. The summed E-state index contributed by atoms with van der Waals surface area (Å²) in [6, 6.07) is 3.85. The van der Waals surface area contributed by atoms with Crippen LogP contribution in [-0.4, -0.2) is 23.2 Å². The number of benzene rings is 1. The highest BCUT2D eigenvalue weighted by molar-refractivity contribution is 9.10. The van der Waals surface area contributed by atoms with E-state index in [1.807, 2.05) is 23.9 Å². The predicted octanol–water partition coefficient (Wildman–Crippen LogP) is 3.01. The van der Waals surface area contributed by atoms with E-state index in [4.69, 9.17) is 15.2 Å². The van der Waals surface area contributed by atoms with Crippen molar-refractivity contribution in [3.05, 3.63) is 27.9 Å². The van der Waals surface area contributed by atoms with Crippen molar-refractivity contribution in [2.75, 3.05) is 18.9 Å². The lowest BCUT2D eigenvalue weighted by atomic mass is 10.1. The lowest BCUT2D eigenvalue weighted by Gasteiger charge is -2.20. The van der Waals surface area contributed by atoms with Gasteiger partial charge in [0.2, 0.25) is 0 Å². The number of ether oxygens (including phenoxy) is 2. The first-order valence-corrected chi connectivity index (χ1v) is 8.49. The molecule has 0 unspecified atom stereocenters. The first kappa shape index (κ1) is 13.2. The van der Waals surface area contributed by atoms with E-state index >= 15 is 0 Å². The Morgan fingerprint density at radius 1 is 1.14 bits per heavy atom. The summed E-state index contributed by atoms with van der Waals surface area (Å²) < 4.78 is 12.1. The van der Waals surface area contributed by atoms with Gasteiger partial charge in [-0.05, 0) is 28.1 Å². The lowest BCUT2D eigenvalue weighted by Crippen LogP contribution is -2.15. The van der Waals surface area contributed by atoms with Gasteiger partial charge in [-0.2, -0.15) is 11.8 Å². The molecule has 1 aromatic heterocycles. The van der Waals surface area contributed by atoms with E-state index in [1.54, 1.807) is 0 Å². The summed E-state index contributed by atoms with van der Waals surface area (Å²) in [7, 11) is 0. The molecule has 108 valence electrons. The third-order valence-corrected chi connectivity index (χ3v) is 5.02. The molecule has 2 N–H and O–H groups in total. The minimum absolute atomic E-state index is 0.548. The molecule has 0 saturated carbocycles. The van der Waals surface area contributed by atoms with Gasteiger partial charge < -0.3 is 15.2 Å². The molecule has 0 bridgehead atoms. The number of nitrogens with two attached hydrogens (primary N) is 1. The number of fused-ring (bicyclic) bond motifs is 2. The molecular formula is C14H12BrN3O2S. The second-order valence-corrected chi connectivity index (χ2v) is 6.67. The van der Waals surface area contributed by atoms with Crippen LogP contribution in [0.15, 0.2) is 16.6 Å². The Hall–Kier alpha value is -1.47. The Bertz CT molecular complexity index is 739. The molecule has 21 heavy (non-hydrogen) atoms. The molecule has 5 nitrogen and oxygen atoms in total. The van der Waals surface area contributed by atoms with E-state index in [0.717, 1.165) is 38.5 Å². The number of hydrogen-bond donors (Lipinski definition) is 1. The number of thioether (sulfide) groups is 1. The number of nitrogen functional groups attached to an aromatic ring is 1. The molecule has 0 radical (unpaired) electrons. The monoisotopic (exact) mass is 365 g/mol. The zero-order valence-corrected chi connectivity index (χ0v) is 13.5. The average molecular weight is 366 g/mol. The molecular weight excluding hydrogens is 354 g/mol. The Labute approximate surface area is 134 Å². The van der Waals surface area contributed by atoms with Gasteiger partial charge in [-0.25, -0.2) is 9.97 Å². The second-order valence-electron chi connectivity index (χ2n) is 4.83. The second kappa shape index (κ2) is 5.06. The van der Waals surface area contributed by atoms with E-state index < -0.39 is 0 Å². The van der Waals surface area contributed by atoms with Gasteiger partial charge in [-0.3, -0.25) is 0 Å². The average Bonchev–Trinajstić information content (AvgIpc) is 2.96. The topological polar surface area (TPSA) is 70.3 Å². The van der Waals surface area contributed by atoms with Crippen LogP contribution in [0, 0.1) is 0 Å². The maximum atomic E-state index is 6.05. The highest BCUT2D eigenvalue weighted by atomic mass is 79.9. The summed E-state index contributed by atoms with van der Waals surface area (Å²) in [5.74, 6) is 4.43. The van der Waals surface area contributed by atoms with Crippen LogP contribution in [0.1, 0.15) is 11.3 Å². The molecule has 0 atom stereocenters. The Kier molecular flexibility index (Phi) is 3.19. The molecule has 1 aromatic carbocycles. The van der Waals surface area contributed by atoms with E-state index in [1.165, 1.54) is 0 Å². The van der Waals surface area contributed by atoms with Gasteiger partial charge >= 0.3 is 0 Å². The molecule has 0 amide bonds. The van der Waals surface area contributed by atoms with Crippen molar-refractivity contribution in [2.24, 2.45) is 0 Å². The van der Waals surface area contributed by atoms with Gasteiger partial charge in [0.25, 0.3) is 0 Å². The normalized spacial score (nSPS) is 15.9. The third kappa shape index (κ3) is 2.24. The molecule has 0 saturated heterocycles. The summed E-state index contributed by atoms with van der Waals surface area (Å²) >= 11 is 5.33. The van der Waals surface area contributed by atoms with Gasteiger partial charge in [0, 0.05) is 22.6 Å². The fourth-order valence-electron chi connectivity index (χ4n) is 2.45. The fourth-order valence-corrected chi connectivity index (χ4v) is 4.05. The standard InChI is InChI=1S/C14H12BrN3O2S/c15-9-3-7(4-11-12(9)20-2-1-19-11)14-17-10-6-21-5-8(10)13(16)18-14/h3-4H,1-2,5-6H2,(H2,16,17,18). The van der Waals surface area contributed by atoms with Gasteiger partial charge in [0.1, 0.15) is 19.0 Å². The SMILES string of the molecule is Nc1nc(-c2cc(Br)c3c(c2)OCCO3)nc2c1CSC2. The molecule has 0 aliphatic carbocycles. The highest BCUT2D eigenvalue weighted by Gasteiger charge is 2.21. The zero-order chi connectivity index (χ0) is 14.4. The van der Waals surface area contributed by atoms with Gasteiger partial charge in [0.15, 0.2) is 17.3 Å². The molecule has 2 aromatic rings. The number of nitrogens with zero attached hydrogens (tertiary/aromatic N) is 2. The van der Waals surface area contributed by atoms with Crippen molar-refractivity contribution >= 4 is 33.5 Å². The number of halogens is 1. The first-order chi connectivity index (χ1) is 10.2. The number of anilines is 1. The van der Waals surface area contributed by atoms with Crippen LogP contribution >= 0.6 is 27.7 Å². The Balaban J connectivity index is 1.84. The fraction of sp³-hybridized carbons (Fsp3) is 0.286. The van der Waals surface area contributed by atoms with Crippen molar-refractivity contribution in [1.29, 1.82) is 0 Å². The predicted molar refractivity (Wildman–Crippen MR) is 85.6 cm³/mol. The molecule has 2 aliphatic rings. The highest BCUT2D eigenvalue weighted by Crippen LogP contribution is 2.41. The minimum Gasteiger partial charge on any atom is -0.486 e. The molecule has 7 heteroatoms. The number of rotatable bonds is 1. The van der Waals surface area contributed by atoms with E-state index in [9.17, 15) is 0 Å². The van der Waals surface area contributed by atoms with Gasteiger partial charge in [-0.15, -0.1) is 0 Å². The summed E-state index contributed by atoms with van der Waals surface area (Å²) in [5.41, 5.74) is 9.03. The molecule has 0 spiro atoms. The van der Waals surface area contributed by atoms with Crippen LogP contribution < -0.4 is 15.2 Å². The third-order valence-electron chi connectivity index (χ3n) is 3.46. The summed E-state index contributed by atoms with van der Waals surface area (Å²) in [6.45, 7) is 1.11. The van der Waals surface area contributed by atoms with Gasteiger partial charge in [-0.1, -0.05) is 0 Å². The van der Waals surface area contributed by atoms with E-state index in [2.05, 4.69) is 25.9 Å². The summed E-state index contributed by atoms with van der Waals surface area (Å²) in [4.78, 5) is 9.09. The lowest BCUT2D eigenvalue weighted by molar-refractivity contribution is 0.170. The molecule has 4 rings (SSSR count). The smallest absolute Gasteiger partial charge is 0.175 e. The largest absolute Gasteiger partial charge is 0.486 e. The summed E-state index contributed by atoms with van der Waals surface area (Å²) in [6.07, 6.45) is 0. The maximum absolute atomic E-state index is 6.05. The number of hydrogen-bond acceptors (Lipinski definition) is 6. The Morgan fingerprint density at radius 2 is 2.00 bits per heavy atom. The van der Waals surface area contributed by atoms with Crippen LogP contribution in [-0.2, 0) is 11.5 Å². The number of aromatic nitrogens is 2. The molecule has 3 heterocycles. The summed E-state index contributed by atoms with van der Waals surface area (Å²) in [5, 5.41) is 0. The molecule has 0 fully saturated rings. The van der Waals surface area contributed by atoms with Crippen LogP contribution in [0.5, 0.6) is 11.5 Å². The van der Waals surface area contributed by atoms with Crippen LogP contribution in [0.25, 0.3) is 11.4 Å². The van der Waals surface area contributed by atoms with E-state index in [-0.39, 0.29) is 0 Å². The zero-order valence-electron chi connectivity index (χ0n) is 11.1. The van der Waals surface area contributed by atoms with Crippen LogP contribution in [0.2, 0.25) is 0 Å². The van der Waals surface area contributed by atoms with Crippen molar-refractivity contribution in [3.63, 3.8) is 0 Å². The first-order valence-electron chi connectivity index (χ1n) is 6.55. The van der Waals surface area contributed by atoms with Gasteiger partial charge in [0.05, 0.1) is 10.2 Å². The Morgan fingerprint density at radius 3 is 2.90 bits per heavy atom.